The summed E-state index contributed by atoms with van der Waals surface area (Å²) in [6.45, 7) is 0.928. The van der Waals surface area contributed by atoms with E-state index in [1.165, 1.54) is 6.42 Å². The lowest BCUT2D eigenvalue weighted by atomic mass is 10.0. The molecule has 0 spiro atoms. The monoisotopic (exact) mass is 269 g/mol. The third-order valence-electron chi connectivity index (χ3n) is 4.18. The zero-order valence-electron chi connectivity index (χ0n) is 10.6. The van der Waals surface area contributed by atoms with Gasteiger partial charge in [-0.1, -0.05) is 36.4 Å². The predicted molar refractivity (Wildman–Crippen MR) is 79.6 cm³/mol. The Labute approximate surface area is 116 Å². The second-order valence-corrected chi connectivity index (χ2v) is 6.66. The van der Waals surface area contributed by atoms with Crippen molar-refractivity contribution < 1.29 is 4.79 Å². The van der Waals surface area contributed by atoms with Gasteiger partial charge in [0.25, 0.3) is 5.91 Å². The van der Waals surface area contributed by atoms with Gasteiger partial charge in [-0.15, -0.1) is 0 Å². The van der Waals surface area contributed by atoms with Gasteiger partial charge in [-0.3, -0.25) is 4.79 Å². The Morgan fingerprint density at radius 2 is 2.00 bits per heavy atom. The van der Waals surface area contributed by atoms with Crippen LogP contribution < -0.4 is 0 Å². The van der Waals surface area contributed by atoms with Gasteiger partial charge in [0, 0.05) is 29.2 Å². The van der Waals surface area contributed by atoms with Crippen molar-refractivity contribution in [2.75, 3.05) is 12.3 Å². The van der Waals surface area contributed by atoms with E-state index in [2.05, 4.69) is 17.0 Å². The van der Waals surface area contributed by atoms with Crippen LogP contribution in [-0.4, -0.2) is 34.4 Å². The lowest BCUT2D eigenvalue weighted by Crippen LogP contribution is -2.39. The van der Waals surface area contributed by atoms with Crippen LogP contribution >= 0.6 is 11.8 Å². The molecule has 2 nitrogen and oxygen atoms in total. The van der Waals surface area contributed by atoms with Crippen LogP contribution in [0.2, 0.25) is 0 Å². The third-order valence-corrected chi connectivity index (χ3v) is 5.57. The molecule has 1 amide bonds. The molecule has 2 aromatic rings. The number of nitrogens with zero attached hydrogens (tertiary/aromatic N) is 1. The zero-order chi connectivity index (χ0) is 12.8. The maximum atomic E-state index is 12.8. The molecule has 3 heteroatoms. The van der Waals surface area contributed by atoms with E-state index in [1.54, 1.807) is 0 Å². The van der Waals surface area contributed by atoms with Crippen LogP contribution in [0.4, 0.5) is 0 Å². The Bertz CT molecular complexity index is 649. The summed E-state index contributed by atoms with van der Waals surface area (Å²) in [6.07, 6.45) is 1.18. The van der Waals surface area contributed by atoms with E-state index in [9.17, 15) is 4.79 Å². The molecule has 0 aliphatic carbocycles. The van der Waals surface area contributed by atoms with E-state index in [1.807, 2.05) is 42.1 Å². The van der Waals surface area contributed by atoms with Gasteiger partial charge in [-0.2, -0.15) is 11.8 Å². The number of amides is 1. The molecule has 2 fully saturated rings. The summed E-state index contributed by atoms with van der Waals surface area (Å²) < 4.78 is 0. The van der Waals surface area contributed by atoms with Crippen LogP contribution in [0.15, 0.2) is 42.5 Å². The maximum Gasteiger partial charge on any atom is 0.254 e. The van der Waals surface area contributed by atoms with Crippen LogP contribution in [0, 0.1) is 0 Å². The first kappa shape index (κ1) is 11.4. The number of likely N-dealkylation sites (tertiary alicyclic amines) is 1. The van der Waals surface area contributed by atoms with Gasteiger partial charge < -0.3 is 4.90 Å². The third kappa shape index (κ3) is 1.76. The Hall–Kier alpha value is -1.48. The summed E-state index contributed by atoms with van der Waals surface area (Å²) in [7, 11) is 0. The highest BCUT2D eigenvalue weighted by Crippen LogP contribution is 2.38. The highest BCUT2D eigenvalue weighted by molar-refractivity contribution is 8.00. The van der Waals surface area contributed by atoms with Gasteiger partial charge in [-0.25, -0.2) is 0 Å². The van der Waals surface area contributed by atoms with Crippen molar-refractivity contribution in [3.05, 3.63) is 48.0 Å². The van der Waals surface area contributed by atoms with Crippen molar-refractivity contribution in [1.29, 1.82) is 0 Å². The van der Waals surface area contributed by atoms with Crippen LogP contribution in [0.3, 0.4) is 0 Å². The molecule has 96 valence electrons. The number of hydrogen-bond acceptors (Lipinski definition) is 2. The molecule has 2 aliphatic rings. The average Bonchev–Trinajstić information content (AvgIpc) is 3.08. The Kier molecular flexibility index (Phi) is 2.55. The van der Waals surface area contributed by atoms with Crippen molar-refractivity contribution in [1.82, 2.24) is 4.90 Å². The molecule has 2 aromatic carbocycles. The van der Waals surface area contributed by atoms with E-state index in [0.29, 0.717) is 11.3 Å². The Balaban J connectivity index is 1.76. The van der Waals surface area contributed by atoms with E-state index < -0.39 is 0 Å². The fourth-order valence-corrected chi connectivity index (χ4v) is 4.65. The zero-order valence-corrected chi connectivity index (χ0v) is 11.4. The molecule has 2 heterocycles. The smallest absolute Gasteiger partial charge is 0.254 e. The number of benzene rings is 2. The minimum atomic E-state index is 0.213. The lowest BCUT2D eigenvalue weighted by molar-refractivity contribution is 0.0749. The van der Waals surface area contributed by atoms with Gasteiger partial charge in [0.2, 0.25) is 0 Å². The summed E-state index contributed by atoms with van der Waals surface area (Å²) in [5.74, 6) is 1.32. The fraction of sp³-hybridized carbons (Fsp3) is 0.312. The van der Waals surface area contributed by atoms with Crippen molar-refractivity contribution in [3.63, 3.8) is 0 Å². The second-order valence-electron chi connectivity index (χ2n) is 5.33. The average molecular weight is 269 g/mol. The summed E-state index contributed by atoms with van der Waals surface area (Å²) >= 11 is 2.02. The van der Waals surface area contributed by atoms with Gasteiger partial charge in [0.1, 0.15) is 0 Å². The Morgan fingerprint density at radius 1 is 1.16 bits per heavy atom. The molecule has 0 aromatic heterocycles. The first-order chi connectivity index (χ1) is 9.33. The van der Waals surface area contributed by atoms with Crippen LogP contribution in [-0.2, 0) is 0 Å². The number of carbonyl (C=O) groups is 1. The van der Waals surface area contributed by atoms with Gasteiger partial charge in [-0.05, 0) is 23.3 Å². The lowest BCUT2D eigenvalue weighted by Gasteiger charge is -2.27. The molecular formula is C16H15NOS. The van der Waals surface area contributed by atoms with Gasteiger partial charge in [0.15, 0.2) is 0 Å². The second kappa shape index (κ2) is 4.27. The number of carbonyl (C=O) groups excluding carboxylic acids is 1. The minimum Gasteiger partial charge on any atom is -0.334 e. The first-order valence-corrected chi connectivity index (χ1v) is 7.78. The SMILES string of the molecule is O=C(c1cccc2ccccc12)N1CC2CC1CS2. The highest BCUT2D eigenvalue weighted by Gasteiger charge is 2.41. The van der Waals surface area contributed by atoms with E-state index in [4.69, 9.17) is 0 Å². The van der Waals surface area contributed by atoms with Crippen molar-refractivity contribution in [2.24, 2.45) is 0 Å². The molecule has 2 unspecified atom stereocenters. The molecular weight excluding hydrogens is 254 g/mol. The molecule has 0 N–H and O–H groups in total. The number of rotatable bonds is 1. The molecule has 2 saturated heterocycles. The highest BCUT2D eigenvalue weighted by atomic mass is 32.2. The van der Waals surface area contributed by atoms with E-state index in [-0.39, 0.29) is 5.91 Å². The molecule has 0 saturated carbocycles. The summed E-state index contributed by atoms with van der Waals surface area (Å²) in [4.78, 5) is 14.9. The molecule has 4 rings (SSSR count). The van der Waals surface area contributed by atoms with Crippen molar-refractivity contribution in [2.45, 2.75) is 17.7 Å². The fourth-order valence-electron chi connectivity index (χ4n) is 3.21. The number of hydrogen-bond donors (Lipinski definition) is 0. The van der Waals surface area contributed by atoms with Crippen LogP contribution in [0.25, 0.3) is 10.8 Å². The summed E-state index contributed by atoms with van der Waals surface area (Å²) in [5.41, 5.74) is 0.857. The van der Waals surface area contributed by atoms with Crippen molar-refractivity contribution in [3.8, 4) is 0 Å². The summed E-state index contributed by atoms with van der Waals surface area (Å²) in [6, 6.07) is 14.6. The number of fused-ring (bicyclic) bond motifs is 3. The van der Waals surface area contributed by atoms with Crippen molar-refractivity contribution >= 4 is 28.4 Å². The normalized spacial score (nSPS) is 25.2. The molecule has 19 heavy (non-hydrogen) atoms. The minimum absolute atomic E-state index is 0.213. The topological polar surface area (TPSA) is 20.3 Å². The molecule has 2 atom stereocenters. The Morgan fingerprint density at radius 3 is 2.79 bits per heavy atom. The van der Waals surface area contributed by atoms with Crippen LogP contribution in [0.5, 0.6) is 0 Å². The van der Waals surface area contributed by atoms with Gasteiger partial charge in [0.05, 0.1) is 0 Å². The maximum absolute atomic E-state index is 12.8. The first-order valence-electron chi connectivity index (χ1n) is 6.73. The standard InChI is InChI=1S/C16H15NOS/c18-16(17-9-13-8-12(17)10-19-13)15-7-3-5-11-4-1-2-6-14(11)15/h1-7,12-13H,8-10H2. The van der Waals surface area contributed by atoms with E-state index in [0.717, 1.165) is 28.6 Å². The molecule has 0 radical (unpaired) electrons. The van der Waals surface area contributed by atoms with E-state index >= 15 is 0 Å². The number of thioether (sulfide) groups is 1. The summed E-state index contributed by atoms with van der Waals surface area (Å²) in [5, 5.41) is 2.89. The largest absolute Gasteiger partial charge is 0.334 e. The molecule has 2 aliphatic heterocycles. The van der Waals surface area contributed by atoms with Crippen LogP contribution in [0.1, 0.15) is 16.8 Å². The quantitative estimate of drug-likeness (QED) is 0.792. The van der Waals surface area contributed by atoms with Gasteiger partial charge >= 0.3 is 0 Å². The predicted octanol–water partition coefficient (Wildman–Crippen LogP) is 3.17. The molecule has 2 bridgehead atoms.